The van der Waals surface area contributed by atoms with Gasteiger partial charge in [-0.25, -0.2) is 9.18 Å². The van der Waals surface area contributed by atoms with Crippen molar-refractivity contribution in [1.29, 1.82) is 0 Å². The zero-order chi connectivity index (χ0) is 12.8. The van der Waals surface area contributed by atoms with Crippen LogP contribution in [-0.4, -0.2) is 19.6 Å². The standard InChI is InChI=1S/C12H13ClFNO2/c1-3-6-15-11(12(16)17-2)8-4-5-9(13)10(14)7-8/h3-5,7,11,15H,1,6H2,2H3. The van der Waals surface area contributed by atoms with Crippen LogP contribution in [0.2, 0.25) is 5.02 Å². The van der Waals surface area contributed by atoms with Gasteiger partial charge in [-0.15, -0.1) is 6.58 Å². The van der Waals surface area contributed by atoms with Crippen LogP contribution in [0, 0.1) is 5.82 Å². The molecule has 0 aromatic heterocycles. The molecule has 3 nitrogen and oxygen atoms in total. The zero-order valence-electron chi connectivity index (χ0n) is 9.37. The molecule has 5 heteroatoms. The van der Waals surface area contributed by atoms with Gasteiger partial charge in [-0.2, -0.15) is 0 Å². The molecule has 0 spiro atoms. The Bertz CT molecular complexity index is 423. The molecule has 0 radical (unpaired) electrons. The minimum atomic E-state index is -0.732. The molecule has 1 rings (SSSR count). The molecule has 0 saturated heterocycles. The van der Waals surface area contributed by atoms with E-state index in [1.165, 1.54) is 19.2 Å². The SMILES string of the molecule is C=CCNC(C(=O)OC)c1ccc(Cl)c(F)c1. The Balaban J connectivity index is 2.98. The van der Waals surface area contributed by atoms with E-state index in [0.29, 0.717) is 12.1 Å². The third-order valence-corrected chi connectivity index (χ3v) is 2.49. The first-order valence-corrected chi connectivity index (χ1v) is 5.35. The molecule has 0 aliphatic rings. The van der Waals surface area contributed by atoms with Crippen molar-refractivity contribution in [3.8, 4) is 0 Å². The van der Waals surface area contributed by atoms with Crippen LogP contribution in [0.4, 0.5) is 4.39 Å². The van der Waals surface area contributed by atoms with E-state index in [2.05, 4.69) is 16.6 Å². The predicted molar refractivity (Wildman–Crippen MR) is 64.4 cm³/mol. The van der Waals surface area contributed by atoms with Crippen molar-refractivity contribution >= 4 is 17.6 Å². The van der Waals surface area contributed by atoms with E-state index in [9.17, 15) is 9.18 Å². The predicted octanol–water partition coefficient (Wildman–Crippen LogP) is 2.47. The molecule has 1 N–H and O–H groups in total. The average Bonchev–Trinajstić information content (AvgIpc) is 2.33. The van der Waals surface area contributed by atoms with Gasteiger partial charge in [0.05, 0.1) is 12.1 Å². The fourth-order valence-corrected chi connectivity index (χ4v) is 1.47. The first-order chi connectivity index (χ1) is 8.10. The second kappa shape index (κ2) is 6.37. The summed E-state index contributed by atoms with van der Waals surface area (Å²) in [7, 11) is 1.27. The number of carbonyl (C=O) groups excluding carboxylic acids is 1. The Labute approximate surface area is 104 Å². The molecule has 0 amide bonds. The van der Waals surface area contributed by atoms with Gasteiger partial charge in [-0.3, -0.25) is 5.32 Å². The van der Waals surface area contributed by atoms with E-state index in [4.69, 9.17) is 11.6 Å². The first kappa shape index (κ1) is 13.7. The molecule has 1 aromatic rings. The van der Waals surface area contributed by atoms with Gasteiger partial charge in [0.1, 0.15) is 11.9 Å². The van der Waals surface area contributed by atoms with E-state index in [-0.39, 0.29) is 5.02 Å². The topological polar surface area (TPSA) is 38.3 Å². The lowest BCUT2D eigenvalue weighted by molar-refractivity contribution is -0.143. The maximum Gasteiger partial charge on any atom is 0.327 e. The van der Waals surface area contributed by atoms with Crippen molar-refractivity contribution < 1.29 is 13.9 Å². The van der Waals surface area contributed by atoms with Crippen LogP contribution in [0.25, 0.3) is 0 Å². The van der Waals surface area contributed by atoms with Gasteiger partial charge in [0, 0.05) is 6.54 Å². The summed E-state index contributed by atoms with van der Waals surface area (Å²) in [5.74, 6) is -1.06. The van der Waals surface area contributed by atoms with Crippen molar-refractivity contribution in [2.24, 2.45) is 0 Å². The summed E-state index contributed by atoms with van der Waals surface area (Å²) in [5, 5.41) is 2.90. The second-order valence-corrected chi connectivity index (χ2v) is 3.73. The van der Waals surface area contributed by atoms with Gasteiger partial charge in [-0.05, 0) is 17.7 Å². The summed E-state index contributed by atoms with van der Waals surface area (Å²) in [6, 6.07) is 3.45. The molecule has 0 bridgehead atoms. The first-order valence-electron chi connectivity index (χ1n) is 4.97. The lowest BCUT2D eigenvalue weighted by Crippen LogP contribution is -2.29. The lowest BCUT2D eigenvalue weighted by Gasteiger charge is -2.16. The van der Waals surface area contributed by atoms with Crippen LogP contribution < -0.4 is 5.32 Å². The van der Waals surface area contributed by atoms with E-state index >= 15 is 0 Å². The third-order valence-electron chi connectivity index (χ3n) is 2.18. The molecule has 0 fully saturated rings. The van der Waals surface area contributed by atoms with Crippen LogP contribution >= 0.6 is 11.6 Å². The number of halogens is 2. The van der Waals surface area contributed by atoms with Crippen LogP contribution in [-0.2, 0) is 9.53 Å². The number of esters is 1. The second-order valence-electron chi connectivity index (χ2n) is 3.33. The summed E-state index contributed by atoms with van der Waals surface area (Å²) in [4.78, 5) is 11.5. The van der Waals surface area contributed by atoms with Crippen LogP contribution in [0.3, 0.4) is 0 Å². The fraction of sp³-hybridized carbons (Fsp3) is 0.250. The molecule has 0 heterocycles. The summed E-state index contributed by atoms with van der Waals surface area (Å²) in [6.45, 7) is 3.94. The van der Waals surface area contributed by atoms with Gasteiger partial charge < -0.3 is 4.74 Å². The monoisotopic (exact) mass is 257 g/mol. The maximum atomic E-state index is 13.3. The smallest absolute Gasteiger partial charge is 0.327 e. The molecule has 1 unspecified atom stereocenters. The fourth-order valence-electron chi connectivity index (χ4n) is 1.35. The highest BCUT2D eigenvalue weighted by molar-refractivity contribution is 6.30. The molecule has 1 aromatic carbocycles. The summed E-state index contributed by atoms with van der Waals surface area (Å²) >= 11 is 5.58. The molecule has 0 aliphatic heterocycles. The Hall–Kier alpha value is -1.39. The van der Waals surface area contributed by atoms with Crippen LogP contribution in [0.5, 0.6) is 0 Å². The van der Waals surface area contributed by atoms with Gasteiger partial charge in [0.2, 0.25) is 0 Å². The highest BCUT2D eigenvalue weighted by atomic mass is 35.5. The molecular formula is C12H13ClFNO2. The normalized spacial score (nSPS) is 11.9. The minimum absolute atomic E-state index is 0.0149. The number of rotatable bonds is 5. The average molecular weight is 258 g/mol. The highest BCUT2D eigenvalue weighted by Crippen LogP contribution is 2.21. The Kier molecular flexibility index (Phi) is 5.12. The highest BCUT2D eigenvalue weighted by Gasteiger charge is 2.21. The zero-order valence-corrected chi connectivity index (χ0v) is 10.1. The molecule has 0 aliphatic carbocycles. The molecule has 0 saturated carbocycles. The van der Waals surface area contributed by atoms with Crippen molar-refractivity contribution in [2.45, 2.75) is 6.04 Å². The van der Waals surface area contributed by atoms with Gasteiger partial charge >= 0.3 is 5.97 Å². The molecular weight excluding hydrogens is 245 g/mol. The third kappa shape index (κ3) is 3.54. The van der Waals surface area contributed by atoms with Gasteiger partial charge in [0.25, 0.3) is 0 Å². The quantitative estimate of drug-likeness (QED) is 0.651. The largest absolute Gasteiger partial charge is 0.468 e. The number of ether oxygens (including phenoxy) is 1. The van der Waals surface area contributed by atoms with Crippen molar-refractivity contribution in [3.05, 3.63) is 47.3 Å². The van der Waals surface area contributed by atoms with E-state index in [0.717, 1.165) is 0 Å². The lowest BCUT2D eigenvalue weighted by atomic mass is 10.1. The van der Waals surface area contributed by atoms with Gasteiger partial charge in [-0.1, -0.05) is 23.7 Å². The Morgan fingerprint density at radius 2 is 2.41 bits per heavy atom. The van der Waals surface area contributed by atoms with Gasteiger partial charge in [0.15, 0.2) is 0 Å². The maximum absolute atomic E-state index is 13.3. The summed E-state index contributed by atoms with van der Waals surface area (Å²) in [6.07, 6.45) is 1.60. The Morgan fingerprint density at radius 3 is 2.94 bits per heavy atom. The van der Waals surface area contributed by atoms with Crippen molar-refractivity contribution in [1.82, 2.24) is 5.32 Å². The minimum Gasteiger partial charge on any atom is -0.468 e. The van der Waals surface area contributed by atoms with E-state index in [1.807, 2.05) is 0 Å². The molecule has 92 valence electrons. The molecule has 1 atom stereocenters. The number of carbonyl (C=O) groups is 1. The summed E-state index contributed by atoms with van der Waals surface area (Å²) < 4.78 is 17.9. The van der Waals surface area contributed by atoms with Crippen LogP contribution in [0.15, 0.2) is 30.9 Å². The number of methoxy groups -OCH3 is 1. The molecule has 17 heavy (non-hydrogen) atoms. The number of hydrogen-bond donors (Lipinski definition) is 1. The number of hydrogen-bond acceptors (Lipinski definition) is 3. The van der Waals surface area contributed by atoms with Crippen molar-refractivity contribution in [2.75, 3.05) is 13.7 Å². The number of nitrogens with one attached hydrogen (secondary N) is 1. The summed E-state index contributed by atoms with van der Waals surface area (Å²) in [5.41, 5.74) is 0.459. The Morgan fingerprint density at radius 1 is 1.71 bits per heavy atom. The van der Waals surface area contributed by atoms with Crippen molar-refractivity contribution in [3.63, 3.8) is 0 Å². The number of benzene rings is 1. The van der Waals surface area contributed by atoms with E-state index in [1.54, 1.807) is 12.1 Å². The van der Waals surface area contributed by atoms with Crippen LogP contribution in [0.1, 0.15) is 11.6 Å². The van der Waals surface area contributed by atoms with E-state index < -0.39 is 17.8 Å².